The molecule has 1 saturated heterocycles. The van der Waals surface area contributed by atoms with Crippen LogP contribution in [0.3, 0.4) is 0 Å². The highest BCUT2D eigenvalue weighted by molar-refractivity contribution is 9.11. The SMILES string of the molecule is CN1C(=O)/C(=C/c2cc(Br)c(OCc3ccccc3)c(Br)c2)SC1=Nc1ccc(C(=O)O)cc1. The van der Waals surface area contributed by atoms with Crippen LogP contribution in [0.4, 0.5) is 5.69 Å². The first-order valence-electron chi connectivity index (χ1n) is 10.1. The van der Waals surface area contributed by atoms with Gasteiger partial charge in [-0.1, -0.05) is 30.3 Å². The van der Waals surface area contributed by atoms with Crippen molar-refractivity contribution in [3.05, 3.63) is 97.3 Å². The van der Waals surface area contributed by atoms with Gasteiger partial charge in [0.05, 0.1) is 25.1 Å². The lowest BCUT2D eigenvalue weighted by molar-refractivity contribution is -0.121. The number of aromatic carboxylic acids is 1. The normalized spacial score (nSPS) is 15.9. The Morgan fingerprint density at radius 2 is 1.74 bits per heavy atom. The number of halogens is 2. The van der Waals surface area contributed by atoms with Gasteiger partial charge >= 0.3 is 5.97 Å². The van der Waals surface area contributed by atoms with E-state index in [1.54, 1.807) is 25.3 Å². The Morgan fingerprint density at radius 3 is 2.35 bits per heavy atom. The molecule has 34 heavy (non-hydrogen) atoms. The number of rotatable bonds is 6. The van der Waals surface area contributed by atoms with E-state index >= 15 is 0 Å². The molecule has 3 aromatic carbocycles. The highest BCUT2D eigenvalue weighted by Crippen LogP contribution is 2.38. The van der Waals surface area contributed by atoms with E-state index < -0.39 is 5.97 Å². The molecule has 4 rings (SSSR count). The average Bonchev–Trinajstić information content (AvgIpc) is 3.07. The van der Waals surface area contributed by atoms with Crippen molar-refractivity contribution < 1.29 is 19.4 Å². The third-order valence-electron chi connectivity index (χ3n) is 4.89. The fourth-order valence-electron chi connectivity index (χ4n) is 3.12. The number of carboxylic acid groups (broad SMARTS) is 1. The van der Waals surface area contributed by atoms with Crippen molar-refractivity contribution in [2.45, 2.75) is 6.61 Å². The van der Waals surface area contributed by atoms with Gasteiger partial charge in [-0.05, 0) is 97.2 Å². The van der Waals surface area contributed by atoms with Gasteiger partial charge in [0.1, 0.15) is 12.4 Å². The molecule has 1 aliphatic heterocycles. The average molecular weight is 602 g/mol. The summed E-state index contributed by atoms with van der Waals surface area (Å²) in [6.07, 6.45) is 1.80. The number of amidine groups is 1. The number of amides is 1. The van der Waals surface area contributed by atoms with Crippen LogP contribution in [0, 0.1) is 0 Å². The van der Waals surface area contributed by atoms with Crippen molar-refractivity contribution in [3.63, 3.8) is 0 Å². The molecule has 0 radical (unpaired) electrons. The van der Waals surface area contributed by atoms with Gasteiger partial charge in [0.25, 0.3) is 5.91 Å². The zero-order valence-corrected chi connectivity index (χ0v) is 21.9. The number of aliphatic imine (C=N–C) groups is 1. The predicted octanol–water partition coefficient (Wildman–Crippen LogP) is 6.72. The summed E-state index contributed by atoms with van der Waals surface area (Å²) in [6.45, 7) is 0.435. The molecule has 0 aliphatic carbocycles. The van der Waals surface area contributed by atoms with Crippen molar-refractivity contribution in [2.75, 3.05) is 7.05 Å². The maximum absolute atomic E-state index is 12.8. The molecule has 9 heteroatoms. The van der Waals surface area contributed by atoms with E-state index in [0.29, 0.717) is 28.1 Å². The molecule has 1 amide bonds. The van der Waals surface area contributed by atoms with Crippen molar-refractivity contribution in [3.8, 4) is 5.75 Å². The molecule has 1 N–H and O–H groups in total. The maximum Gasteiger partial charge on any atom is 0.335 e. The quantitative estimate of drug-likeness (QED) is 0.317. The summed E-state index contributed by atoms with van der Waals surface area (Å²) in [5, 5.41) is 9.55. The number of hydrogen-bond acceptors (Lipinski definition) is 5. The molecule has 1 aliphatic rings. The highest BCUT2D eigenvalue weighted by Gasteiger charge is 2.30. The zero-order valence-electron chi connectivity index (χ0n) is 17.9. The maximum atomic E-state index is 12.8. The molecule has 0 bridgehead atoms. The Labute approximate surface area is 217 Å². The molecule has 0 atom stereocenters. The number of ether oxygens (including phenoxy) is 1. The number of nitrogens with zero attached hydrogens (tertiary/aromatic N) is 2. The van der Waals surface area contributed by atoms with Gasteiger partial charge in [-0.15, -0.1) is 0 Å². The van der Waals surface area contributed by atoms with Crippen molar-refractivity contribution in [1.82, 2.24) is 4.90 Å². The molecule has 1 fully saturated rings. The number of hydrogen-bond donors (Lipinski definition) is 1. The second-order valence-corrected chi connectivity index (χ2v) is 10.0. The van der Waals surface area contributed by atoms with E-state index in [1.807, 2.05) is 42.5 Å². The summed E-state index contributed by atoms with van der Waals surface area (Å²) in [7, 11) is 1.66. The monoisotopic (exact) mass is 600 g/mol. The van der Waals surface area contributed by atoms with E-state index in [1.165, 1.54) is 28.8 Å². The summed E-state index contributed by atoms with van der Waals surface area (Å²) in [5.41, 5.74) is 2.63. The van der Waals surface area contributed by atoms with Crippen LogP contribution in [-0.4, -0.2) is 34.1 Å². The fraction of sp³-hybridized carbons (Fsp3) is 0.0800. The van der Waals surface area contributed by atoms with E-state index in [9.17, 15) is 9.59 Å². The number of likely N-dealkylation sites (N-methyl/N-ethyl adjacent to an activating group) is 1. The molecule has 3 aromatic rings. The summed E-state index contributed by atoms with van der Waals surface area (Å²) in [6, 6.07) is 19.9. The van der Waals surface area contributed by atoms with Gasteiger partial charge in [-0.2, -0.15) is 0 Å². The first kappa shape index (κ1) is 24.3. The smallest absolute Gasteiger partial charge is 0.335 e. The topological polar surface area (TPSA) is 79.2 Å². The molecule has 0 spiro atoms. The first-order valence-corrected chi connectivity index (χ1v) is 12.5. The Morgan fingerprint density at radius 1 is 1.09 bits per heavy atom. The van der Waals surface area contributed by atoms with Crippen molar-refractivity contribution in [1.29, 1.82) is 0 Å². The van der Waals surface area contributed by atoms with Crippen LogP contribution in [0.2, 0.25) is 0 Å². The van der Waals surface area contributed by atoms with Crippen LogP contribution >= 0.6 is 43.6 Å². The third kappa shape index (κ3) is 5.60. The van der Waals surface area contributed by atoms with Gasteiger partial charge in [0.2, 0.25) is 0 Å². The van der Waals surface area contributed by atoms with Crippen LogP contribution in [0.15, 0.2) is 85.6 Å². The molecule has 0 unspecified atom stereocenters. The standard InChI is InChI=1S/C25H18Br2N2O4S/c1-29-23(30)21(34-25(29)28-18-9-7-17(8-10-18)24(31)32)13-16-11-19(26)22(20(27)12-16)33-14-15-5-3-2-4-6-15/h2-13H,14H2,1H3,(H,31,32)/b21-13-,28-25?. The molecule has 172 valence electrons. The molecule has 6 nitrogen and oxygen atoms in total. The molecular formula is C25H18Br2N2O4S. The Hall–Kier alpha value is -2.88. The van der Waals surface area contributed by atoms with Gasteiger partial charge in [0, 0.05) is 7.05 Å². The molecular weight excluding hydrogens is 584 g/mol. The van der Waals surface area contributed by atoms with Crippen LogP contribution in [-0.2, 0) is 11.4 Å². The van der Waals surface area contributed by atoms with Crippen LogP contribution in [0.1, 0.15) is 21.5 Å². The summed E-state index contributed by atoms with van der Waals surface area (Å²) in [4.78, 5) is 30.3. The van der Waals surface area contributed by atoms with Gasteiger partial charge in [-0.25, -0.2) is 9.79 Å². The molecule has 1 heterocycles. The number of carboxylic acids is 1. The second-order valence-electron chi connectivity index (χ2n) is 7.31. The van der Waals surface area contributed by atoms with E-state index in [-0.39, 0.29) is 11.5 Å². The van der Waals surface area contributed by atoms with Crippen LogP contribution in [0.25, 0.3) is 6.08 Å². The van der Waals surface area contributed by atoms with Crippen molar-refractivity contribution >= 4 is 72.4 Å². The Bertz CT molecular complexity index is 1290. The van der Waals surface area contributed by atoms with Crippen LogP contribution in [0.5, 0.6) is 5.75 Å². The minimum Gasteiger partial charge on any atom is -0.487 e. The minimum atomic E-state index is -0.999. The number of carbonyl (C=O) groups is 2. The minimum absolute atomic E-state index is 0.164. The highest BCUT2D eigenvalue weighted by atomic mass is 79.9. The second kappa shape index (κ2) is 10.6. The van der Waals surface area contributed by atoms with Crippen molar-refractivity contribution in [2.24, 2.45) is 4.99 Å². The predicted molar refractivity (Wildman–Crippen MR) is 141 cm³/mol. The van der Waals surface area contributed by atoms with Crippen LogP contribution < -0.4 is 4.74 Å². The van der Waals surface area contributed by atoms with Gasteiger partial charge in [-0.3, -0.25) is 9.69 Å². The first-order chi connectivity index (χ1) is 16.3. The number of benzene rings is 3. The lowest BCUT2D eigenvalue weighted by Crippen LogP contribution is -2.23. The summed E-state index contributed by atoms with van der Waals surface area (Å²) in [5.74, 6) is -0.482. The third-order valence-corrected chi connectivity index (χ3v) is 7.13. The number of thioether (sulfide) groups is 1. The molecule has 0 aromatic heterocycles. The molecule has 0 saturated carbocycles. The Kier molecular flexibility index (Phi) is 7.55. The van der Waals surface area contributed by atoms with E-state index in [0.717, 1.165) is 20.1 Å². The summed E-state index contributed by atoms with van der Waals surface area (Å²) >= 11 is 8.40. The summed E-state index contributed by atoms with van der Waals surface area (Å²) < 4.78 is 7.50. The van der Waals surface area contributed by atoms with E-state index in [2.05, 4.69) is 36.9 Å². The van der Waals surface area contributed by atoms with Gasteiger partial charge in [0.15, 0.2) is 5.17 Å². The fourth-order valence-corrected chi connectivity index (χ4v) is 5.56. The van der Waals surface area contributed by atoms with E-state index in [4.69, 9.17) is 9.84 Å². The lowest BCUT2D eigenvalue weighted by atomic mass is 10.2. The largest absolute Gasteiger partial charge is 0.487 e. The zero-order chi connectivity index (χ0) is 24.2. The Balaban J connectivity index is 1.53. The van der Waals surface area contributed by atoms with Gasteiger partial charge < -0.3 is 9.84 Å². The number of carbonyl (C=O) groups excluding carboxylic acids is 1. The lowest BCUT2D eigenvalue weighted by Gasteiger charge is -2.11.